The maximum atomic E-state index is 11.9. The summed E-state index contributed by atoms with van der Waals surface area (Å²) >= 11 is 0. The molecule has 1 heterocycles. The molecular formula is C12H22N2O4. The van der Waals surface area contributed by atoms with E-state index >= 15 is 0 Å². The summed E-state index contributed by atoms with van der Waals surface area (Å²) < 4.78 is 5.21. The fourth-order valence-corrected chi connectivity index (χ4v) is 2.10. The van der Waals surface area contributed by atoms with Crippen molar-refractivity contribution in [2.45, 2.75) is 44.8 Å². The zero-order chi connectivity index (χ0) is 13.5. The maximum absolute atomic E-state index is 11.9. The number of piperidine rings is 1. The molecule has 0 spiro atoms. The zero-order valence-electron chi connectivity index (χ0n) is 10.8. The number of carbonyl (C=O) groups excluding carboxylic acids is 1. The Balaban J connectivity index is 2.30. The van der Waals surface area contributed by atoms with E-state index in [1.807, 2.05) is 6.92 Å². The van der Waals surface area contributed by atoms with Gasteiger partial charge in [0.15, 0.2) is 0 Å². The van der Waals surface area contributed by atoms with Crippen LogP contribution in [0.4, 0.5) is 0 Å². The van der Waals surface area contributed by atoms with Gasteiger partial charge in [-0.15, -0.1) is 0 Å². The molecule has 18 heavy (non-hydrogen) atoms. The molecule has 1 aliphatic heterocycles. The summed E-state index contributed by atoms with van der Waals surface area (Å²) in [5.41, 5.74) is 5.79. The minimum Gasteiger partial charge on any atom is -0.480 e. The quantitative estimate of drug-likeness (QED) is 0.710. The largest absolute Gasteiger partial charge is 0.480 e. The van der Waals surface area contributed by atoms with Crippen molar-refractivity contribution in [3.05, 3.63) is 0 Å². The van der Waals surface area contributed by atoms with Crippen LogP contribution in [0.2, 0.25) is 0 Å². The minimum absolute atomic E-state index is 0.00599. The summed E-state index contributed by atoms with van der Waals surface area (Å²) in [7, 11) is 0. The number of likely N-dealkylation sites (tertiary alicyclic amines) is 1. The smallest absolute Gasteiger partial charge is 0.329 e. The highest BCUT2D eigenvalue weighted by atomic mass is 16.5. The zero-order valence-corrected chi connectivity index (χ0v) is 10.8. The third-order valence-corrected chi connectivity index (χ3v) is 3.11. The summed E-state index contributed by atoms with van der Waals surface area (Å²) in [6.45, 7) is 2.92. The first kappa shape index (κ1) is 14.9. The number of amides is 1. The van der Waals surface area contributed by atoms with Crippen molar-refractivity contribution >= 4 is 11.9 Å². The number of aliphatic carboxylic acids is 1. The van der Waals surface area contributed by atoms with Gasteiger partial charge in [0.2, 0.25) is 5.91 Å². The van der Waals surface area contributed by atoms with Crippen LogP contribution in [0.3, 0.4) is 0 Å². The Labute approximate surface area is 107 Å². The highest BCUT2D eigenvalue weighted by molar-refractivity contribution is 5.81. The van der Waals surface area contributed by atoms with Crippen LogP contribution in [0.25, 0.3) is 0 Å². The Kier molecular flexibility index (Phi) is 6.07. The lowest BCUT2D eigenvalue weighted by atomic mass is 10.1. The first-order valence-corrected chi connectivity index (χ1v) is 6.42. The second kappa shape index (κ2) is 7.33. The van der Waals surface area contributed by atoms with Crippen molar-refractivity contribution in [3.8, 4) is 0 Å². The van der Waals surface area contributed by atoms with E-state index in [4.69, 9.17) is 15.6 Å². The standard InChI is InChI=1S/C12H22N2O4/c1-2-3-10(13)12(17)14-6-4-9(5-7-14)18-8-11(15)16/h9-10H,2-8,13H2,1H3,(H,15,16)/t10-/m0/s1. The monoisotopic (exact) mass is 258 g/mol. The first-order valence-electron chi connectivity index (χ1n) is 6.42. The summed E-state index contributed by atoms with van der Waals surface area (Å²) in [5.74, 6) is -0.966. The first-order chi connectivity index (χ1) is 8.54. The SMILES string of the molecule is CCC[C@H](N)C(=O)N1CCC(OCC(=O)O)CC1. The van der Waals surface area contributed by atoms with Gasteiger partial charge in [-0.1, -0.05) is 13.3 Å². The molecule has 6 heteroatoms. The summed E-state index contributed by atoms with van der Waals surface area (Å²) in [5, 5.41) is 8.51. The van der Waals surface area contributed by atoms with E-state index in [0.717, 1.165) is 6.42 Å². The van der Waals surface area contributed by atoms with Gasteiger partial charge >= 0.3 is 5.97 Å². The molecule has 1 saturated heterocycles. The van der Waals surface area contributed by atoms with Crippen LogP contribution in [0, 0.1) is 0 Å². The van der Waals surface area contributed by atoms with Gasteiger partial charge < -0.3 is 20.5 Å². The molecule has 1 rings (SSSR count). The van der Waals surface area contributed by atoms with Crippen molar-refractivity contribution in [1.82, 2.24) is 4.90 Å². The van der Waals surface area contributed by atoms with Gasteiger partial charge in [0.1, 0.15) is 6.61 Å². The Hall–Kier alpha value is -1.14. The van der Waals surface area contributed by atoms with Crippen LogP contribution in [0.15, 0.2) is 0 Å². The fourth-order valence-electron chi connectivity index (χ4n) is 2.10. The molecule has 0 radical (unpaired) electrons. The second-order valence-corrected chi connectivity index (χ2v) is 4.62. The predicted molar refractivity (Wildman–Crippen MR) is 66.1 cm³/mol. The van der Waals surface area contributed by atoms with Crippen LogP contribution in [-0.2, 0) is 14.3 Å². The number of carboxylic acids is 1. The Bertz CT molecular complexity index is 288. The summed E-state index contributed by atoms with van der Waals surface area (Å²) in [6, 6.07) is -0.411. The molecule has 1 amide bonds. The number of carboxylic acid groups (broad SMARTS) is 1. The van der Waals surface area contributed by atoms with E-state index in [9.17, 15) is 9.59 Å². The second-order valence-electron chi connectivity index (χ2n) is 4.62. The van der Waals surface area contributed by atoms with Gasteiger partial charge in [0.05, 0.1) is 12.1 Å². The number of nitrogens with two attached hydrogens (primary N) is 1. The number of hydrogen-bond donors (Lipinski definition) is 2. The van der Waals surface area contributed by atoms with Gasteiger partial charge in [-0.3, -0.25) is 4.79 Å². The molecule has 1 fully saturated rings. The average molecular weight is 258 g/mol. The normalized spacial score (nSPS) is 18.7. The number of ether oxygens (including phenoxy) is 1. The van der Waals surface area contributed by atoms with Crippen LogP contribution < -0.4 is 5.73 Å². The third-order valence-electron chi connectivity index (χ3n) is 3.11. The molecule has 6 nitrogen and oxygen atoms in total. The van der Waals surface area contributed by atoms with Gasteiger partial charge in [0, 0.05) is 13.1 Å². The van der Waals surface area contributed by atoms with E-state index in [-0.39, 0.29) is 18.6 Å². The van der Waals surface area contributed by atoms with Crippen molar-refractivity contribution in [2.75, 3.05) is 19.7 Å². The Morgan fingerprint density at radius 3 is 2.56 bits per heavy atom. The van der Waals surface area contributed by atoms with E-state index in [2.05, 4.69) is 0 Å². The van der Waals surface area contributed by atoms with Crippen LogP contribution in [0.1, 0.15) is 32.6 Å². The highest BCUT2D eigenvalue weighted by Gasteiger charge is 2.26. The third kappa shape index (κ3) is 4.62. The van der Waals surface area contributed by atoms with Gasteiger partial charge in [-0.2, -0.15) is 0 Å². The summed E-state index contributed by atoms with van der Waals surface area (Å²) in [6.07, 6.45) is 2.89. The number of carbonyl (C=O) groups is 2. The van der Waals surface area contributed by atoms with Crippen molar-refractivity contribution < 1.29 is 19.4 Å². The fraction of sp³-hybridized carbons (Fsp3) is 0.833. The minimum atomic E-state index is -0.960. The van der Waals surface area contributed by atoms with Gasteiger partial charge in [-0.05, 0) is 19.3 Å². The summed E-state index contributed by atoms with van der Waals surface area (Å²) in [4.78, 5) is 24.0. The Morgan fingerprint density at radius 1 is 1.44 bits per heavy atom. The molecule has 1 aliphatic rings. The van der Waals surface area contributed by atoms with E-state index in [1.54, 1.807) is 4.90 Å². The number of nitrogens with zero attached hydrogens (tertiary/aromatic N) is 1. The molecule has 0 aromatic rings. The lowest BCUT2D eigenvalue weighted by Gasteiger charge is -2.33. The molecule has 0 aromatic heterocycles. The topological polar surface area (TPSA) is 92.9 Å². The molecular weight excluding hydrogens is 236 g/mol. The molecule has 0 aliphatic carbocycles. The lowest BCUT2D eigenvalue weighted by molar-refractivity contribution is -0.147. The maximum Gasteiger partial charge on any atom is 0.329 e. The van der Waals surface area contributed by atoms with Crippen LogP contribution in [-0.4, -0.2) is 53.7 Å². The van der Waals surface area contributed by atoms with E-state index in [0.29, 0.717) is 32.4 Å². The number of hydrogen-bond acceptors (Lipinski definition) is 4. The van der Waals surface area contributed by atoms with E-state index < -0.39 is 12.0 Å². The van der Waals surface area contributed by atoms with Crippen LogP contribution in [0.5, 0.6) is 0 Å². The van der Waals surface area contributed by atoms with E-state index in [1.165, 1.54) is 0 Å². The predicted octanol–water partition coefficient (Wildman–Crippen LogP) is 0.206. The van der Waals surface area contributed by atoms with Crippen LogP contribution >= 0.6 is 0 Å². The van der Waals surface area contributed by atoms with Crippen molar-refractivity contribution in [1.29, 1.82) is 0 Å². The number of rotatable bonds is 6. The lowest BCUT2D eigenvalue weighted by Crippen LogP contribution is -2.48. The Morgan fingerprint density at radius 2 is 2.06 bits per heavy atom. The highest BCUT2D eigenvalue weighted by Crippen LogP contribution is 2.15. The molecule has 0 unspecified atom stereocenters. The van der Waals surface area contributed by atoms with Crippen molar-refractivity contribution in [3.63, 3.8) is 0 Å². The molecule has 104 valence electrons. The molecule has 3 N–H and O–H groups in total. The molecule has 1 atom stereocenters. The molecule has 0 aromatic carbocycles. The molecule has 0 bridgehead atoms. The van der Waals surface area contributed by atoms with Gasteiger partial charge in [-0.25, -0.2) is 4.79 Å². The van der Waals surface area contributed by atoms with Crippen molar-refractivity contribution in [2.24, 2.45) is 5.73 Å². The average Bonchev–Trinajstić information content (AvgIpc) is 2.36. The van der Waals surface area contributed by atoms with Gasteiger partial charge in [0.25, 0.3) is 0 Å². The molecule has 0 saturated carbocycles.